The molecule has 0 atom stereocenters. The smallest absolute Gasteiger partial charge is 0.256 e. The molecule has 0 spiro atoms. The van der Waals surface area contributed by atoms with Crippen LogP contribution in [0.4, 0.5) is 5.69 Å². The van der Waals surface area contributed by atoms with Crippen molar-refractivity contribution in [2.45, 2.75) is 0 Å². The third-order valence-electron chi connectivity index (χ3n) is 2.54. The van der Waals surface area contributed by atoms with Crippen LogP contribution < -0.4 is 5.32 Å². The quantitative estimate of drug-likeness (QED) is 0.795. The van der Waals surface area contributed by atoms with Crippen LogP contribution in [-0.4, -0.2) is 20.7 Å². The molecule has 0 fully saturated rings. The van der Waals surface area contributed by atoms with Crippen molar-refractivity contribution in [3.8, 4) is 5.82 Å². The minimum Gasteiger partial charge on any atom is -0.319 e. The Morgan fingerprint density at radius 2 is 2.21 bits per heavy atom. The van der Waals surface area contributed by atoms with Crippen LogP contribution in [0.15, 0.2) is 53.6 Å². The van der Waals surface area contributed by atoms with Gasteiger partial charge in [0, 0.05) is 24.0 Å². The summed E-state index contributed by atoms with van der Waals surface area (Å²) in [6.45, 7) is 0. The molecule has 5 nitrogen and oxygen atoms in total. The summed E-state index contributed by atoms with van der Waals surface area (Å²) in [5.41, 5.74) is 1.27. The first-order valence-electron chi connectivity index (χ1n) is 5.63. The summed E-state index contributed by atoms with van der Waals surface area (Å²) >= 11 is 1.49. The number of pyridine rings is 1. The van der Waals surface area contributed by atoms with Crippen molar-refractivity contribution in [2.75, 3.05) is 5.32 Å². The fourth-order valence-corrected chi connectivity index (χ4v) is 2.30. The highest BCUT2D eigenvalue weighted by Crippen LogP contribution is 2.17. The van der Waals surface area contributed by atoms with Gasteiger partial charge in [-0.05, 0) is 29.6 Å². The minimum atomic E-state index is -0.150. The highest BCUT2D eigenvalue weighted by atomic mass is 32.1. The van der Waals surface area contributed by atoms with Crippen LogP contribution in [0.25, 0.3) is 5.82 Å². The first-order chi connectivity index (χ1) is 9.34. The van der Waals surface area contributed by atoms with Gasteiger partial charge >= 0.3 is 0 Å². The monoisotopic (exact) mass is 270 g/mol. The van der Waals surface area contributed by atoms with Gasteiger partial charge in [-0.25, -0.2) is 9.67 Å². The van der Waals surface area contributed by atoms with Gasteiger partial charge < -0.3 is 5.32 Å². The molecule has 19 heavy (non-hydrogen) atoms. The zero-order chi connectivity index (χ0) is 13.1. The van der Waals surface area contributed by atoms with Gasteiger partial charge in [-0.2, -0.15) is 16.4 Å². The minimum absolute atomic E-state index is 0.150. The van der Waals surface area contributed by atoms with Gasteiger partial charge in [-0.15, -0.1) is 0 Å². The maximum atomic E-state index is 12.0. The topological polar surface area (TPSA) is 59.8 Å². The van der Waals surface area contributed by atoms with E-state index in [0.717, 1.165) is 0 Å². The molecule has 0 saturated heterocycles. The molecule has 0 aliphatic rings. The van der Waals surface area contributed by atoms with E-state index in [2.05, 4.69) is 15.4 Å². The Labute approximate surface area is 113 Å². The Bertz CT molecular complexity index is 677. The molecule has 0 aliphatic carbocycles. The molecule has 0 bridgehead atoms. The van der Waals surface area contributed by atoms with Crippen LogP contribution in [0.1, 0.15) is 10.4 Å². The lowest BCUT2D eigenvalue weighted by Gasteiger charge is -2.09. The molecule has 1 amide bonds. The SMILES string of the molecule is O=C(Nc1cccnc1-n1cccn1)c1ccsc1. The van der Waals surface area contributed by atoms with Crippen molar-refractivity contribution in [1.29, 1.82) is 0 Å². The number of rotatable bonds is 3. The Morgan fingerprint density at radius 3 is 2.95 bits per heavy atom. The van der Waals surface area contributed by atoms with Crippen molar-refractivity contribution < 1.29 is 4.79 Å². The third kappa shape index (κ3) is 2.38. The van der Waals surface area contributed by atoms with E-state index >= 15 is 0 Å². The Balaban J connectivity index is 1.92. The molecular weight excluding hydrogens is 260 g/mol. The molecule has 0 saturated carbocycles. The molecule has 6 heteroatoms. The van der Waals surface area contributed by atoms with Crippen molar-refractivity contribution in [2.24, 2.45) is 0 Å². The maximum absolute atomic E-state index is 12.0. The molecule has 3 rings (SSSR count). The maximum Gasteiger partial charge on any atom is 0.256 e. The van der Waals surface area contributed by atoms with Gasteiger partial charge in [0.1, 0.15) is 0 Å². The van der Waals surface area contributed by atoms with Crippen LogP contribution in [0.5, 0.6) is 0 Å². The summed E-state index contributed by atoms with van der Waals surface area (Å²) in [5, 5.41) is 10.6. The summed E-state index contributed by atoms with van der Waals surface area (Å²) in [5.74, 6) is 0.443. The molecule has 1 N–H and O–H groups in total. The fraction of sp³-hybridized carbons (Fsp3) is 0. The predicted octanol–water partition coefficient (Wildman–Crippen LogP) is 2.58. The molecule has 94 valence electrons. The molecule has 0 aromatic carbocycles. The first-order valence-corrected chi connectivity index (χ1v) is 6.57. The molecule has 3 aromatic heterocycles. The predicted molar refractivity (Wildman–Crippen MR) is 73.6 cm³/mol. The van der Waals surface area contributed by atoms with Gasteiger partial charge in [0.05, 0.1) is 11.3 Å². The van der Waals surface area contributed by atoms with E-state index < -0.39 is 0 Å². The van der Waals surface area contributed by atoms with E-state index in [1.165, 1.54) is 11.3 Å². The number of anilines is 1. The number of hydrogen-bond donors (Lipinski definition) is 1. The summed E-state index contributed by atoms with van der Waals surface area (Å²) in [6.07, 6.45) is 5.11. The van der Waals surface area contributed by atoms with E-state index in [1.54, 1.807) is 52.9 Å². The van der Waals surface area contributed by atoms with Crippen LogP contribution in [0.3, 0.4) is 0 Å². The number of carbonyl (C=O) groups excluding carboxylic acids is 1. The highest BCUT2D eigenvalue weighted by molar-refractivity contribution is 7.08. The van der Waals surface area contributed by atoms with Gasteiger partial charge in [0.15, 0.2) is 5.82 Å². The van der Waals surface area contributed by atoms with E-state index in [1.807, 2.05) is 5.38 Å². The van der Waals surface area contributed by atoms with Crippen LogP contribution >= 0.6 is 11.3 Å². The van der Waals surface area contributed by atoms with Crippen molar-refractivity contribution >= 4 is 22.9 Å². The molecule has 3 heterocycles. The van der Waals surface area contributed by atoms with E-state index in [4.69, 9.17) is 0 Å². The lowest BCUT2D eigenvalue weighted by molar-refractivity contribution is 0.102. The second kappa shape index (κ2) is 5.03. The lowest BCUT2D eigenvalue weighted by Crippen LogP contribution is -2.14. The summed E-state index contributed by atoms with van der Waals surface area (Å²) in [7, 11) is 0. The number of aromatic nitrogens is 3. The largest absolute Gasteiger partial charge is 0.319 e. The Kier molecular flexibility index (Phi) is 3.07. The van der Waals surface area contributed by atoms with Gasteiger partial charge in [0.2, 0.25) is 0 Å². The highest BCUT2D eigenvalue weighted by Gasteiger charge is 2.11. The Hall–Kier alpha value is -2.47. The zero-order valence-electron chi connectivity index (χ0n) is 9.85. The number of hydrogen-bond acceptors (Lipinski definition) is 4. The van der Waals surface area contributed by atoms with Crippen molar-refractivity contribution in [3.63, 3.8) is 0 Å². The molecule has 0 unspecified atom stereocenters. The first kappa shape index (κ1) is 11.6. The van der Waals surface area contributed by atoms with E-state index in [0.29, 0.717) is 17.1 Å². The molecule has 0 radical (unpaired) electrons. The van der Waals surface area contributed by atoms with Crippen LogP contribution in [0.2, 0.25) is 0 Å². The van der Waals surface area contributed by atoms with Gasteiger partial charge in [-0.1, -0.05) is 0 Å². The lowest BCUT2D eigenvalue weighted by atomic mass is 10.3. The van der Waals surface area contributed by atoms with Crippen molar-refractivity contribution in [3.05, 3.63) is 59.2 Å². The molecular formula is C13H10N4OS. The Morgan fingerprint density at radius 1 is 1.26 bits per heavy atom. The van der Waals surface area contributed by atoms with Gasteiger partial charge in [0.25, 0.3) is 5.91 Å². The number of carbonyl (C=O) groups is 1. The number of thiophene rings is 1. The third-order valence-corrected chi connectivity index (χ3v) is 3.22. The molecule has 0 aliphatic heterocycles. The van der Waals surface area contributed by atoms with Gasteiger partial charge in [-0.3, -0.25) is 4.79 Å². The zero-order valence-corrected chi connectivity index (χ0v) is 10.7. The summed E-state index contributed by atoms with van der Waals surface area (Å²) < 4.78 is 1.61. The normalized spacial score (nSPS) is 10.3. The van der Waals surface area contributed by atoms with E-state index in [9.17, 15) is 4.79 Å². The number of nitrogens with zero attached hydrogens (tertiary/aromatic N) is 3. The fourth-order valence-electron chi connectivity index (χ4n) is 1.66. The summed E-state index contributed by atoms with van der Waals surface area (Å²) in [6, 6.07) is 7.16. The summed E-state index contributed by atoms with van der Waals surface area (Å²) in [4.78, 5) is 16.3. The molecule has 3 aromatic rings. The average molecular weight is 270 g/mol. The van der Waals surface area contributed by atoms with E-state index in [-0.39, 0.29) is 5.91 Å². The van der Waals surface area contributed by atoms with Crippen LogP contribution in [-0.2, 0) is 0 Å². The van der Waals surface area contributed by atoms with Crippen LogP contribution in [0, 0.1) is 0 Å². The number of nitrogens with one attached hydrogen (secondary N) is 1. The average Bonchev–Trinajstić information content (AvgIpc) is 3.13. The van der Waals surface area contributed by atoms with Crippen molar-refractivity contribution in [1.82, 2.24) is 14.8 Å². The second-order valence-electron chi connectivity index (χ2n) is 3.79. The second-order valence-corrected chi connectivity index (χ2v) is 4.57. The standard InChI is InChI=1S/C13H10N4OS/c18-13(10-4-8-19-9-10)16-11-3-1-5-14-12(11)17-7-2-6-15-17/h1-9H,(H,16,18). The number of amides is 1.